The fraction of sp³-hybridized carbons (Fsp3) is 0.286. The maximum Gasteiger partial charge on any atom is 0.268 e. The summed E-state index contributed by atoms with van der Waals surface area (Å²) in [4.78, 5) is 18.1. The third-order valence-electron chi connectivity index (χ3n) is 7.92. The zero-order chi connectivity index (χ0) is 30.6. The Morgan fingerprint density at radius 3 is 1.86 bits per heavy atom. The third-order valence-corrected chi connectivity index (χ3v) is 9.72. The average Bonchev–Trinajstić information content (AvgIpc) is 3.00. The number of aryl methyl sites for hydroxylation is 3. The maximum atomic E-state index is 14.2. The molecule has 1 aliphatic rings. The molecule has 0 unspecified atom stereocenters. The summed E-state index contributed by atoms with van der Waals surface area (Å²) in [7, 11) is -2.68. The van der Waals surface area contributed by atoms with Crippen LogP contribution in [-0.4, -0.2) is 64.0 Å². The molecule has 0 aromatic heterocycles. The molecule has 1 heterocycles. The number of methoxy groups -OCH3 is 1. The molecule has 4 aromatic rings. The normalized spacial score (nSPS) is 14.1. The van der Waals surface area contributed by atoms with E-state index in [4.69, 9.17) is 4.74 Å². The SMILES string of the molecule is COc1ccc(C)cc1S(=O)(=O)N(CC(=O)N1CCN(C(c2ccccc2)c2ccccc2)CC1)c1cc(C)cc(C)c1. The fourth-order valence-electron chi connectivity index (χ4n) is 5.85. The summed E-state index contributed by atoms with van der Waals surface area (Å²) in [6.07, 6.45) is 0. The fourth-order valence-corrected chi connectivity index (χ4v) is 7.49. The lowest BCUT2D eigenvalue weighted by Gasteiger charge is -2.40. The molecule has 1 amide bonds. The summed E-state index contributed by atoms with van der Waals surface area (Å²) in [5.41, 5.74) is 5.48. The Bertz CT molecular complexity index is 1610. The predicted octanol–water partition coefficient (Wildman–Crippen LogP) is 5.75. The van der Waals surface area contributed by atoms with Crippen LogP contribution >= 0.6 is 0 Å². The molecule has 1 fully saturated rings. The van der Waals surface area contributed by atoms with Gasteiger partial charge in [0.25, 0.3) is 10.0 Å². The van der Waals surface area contributed by atoms with Gasteiger partial charge in [-0.2, -0.15) is 0 Å². The highest BCUT2D eigenvalue weighted by Crippen LogP contribution is 2.33. The van der Waals surface area contributed by atoms with E-state index < -0.39 is 10.0 Å². The first-order valence-corrected chi connectivity index (χ1v) is 16.0. The molecule has 0 radical (unpaired) electrons. The second-order valence-electron chi connectivity index (χ2n) is 11.2. The molecule has 0 bridgehead atoms. The first kappa shape index (κ1) is 30.3. The number of amides is 1. The van der Waals surface area contributed by atoms with Crippen molar-refractivity contribution >= 4 is 21.6 Å². The van der Waals surface area contributed by atoms with Crippen molar-refractivity contribution in [1.82, 2.24) is 9.80 Å². The number of sulfonamides is 1. The Labute approximate surface area is 255 Å². The number of rotatable bonds is 9. The highest BCUT2D eigenvalue weighted by molar-refractivity contribution is 7.93. The van der Waals surface area contributed by atoms with Crippen LogP contribution in [-0.2, 0) is 14.8 Å². The number of piperazine rings is 1. The first-order valence-electron chi connectivity index (χ1n) is 14.5. The topological polar surface area (TPSA) is 70.2 Å². The number of anilines is 1. The molecule has 0 aliphatic carbocycles. The second kappa shape index (κ2) is 13.0. The van der Waals surface area contributed by atoms with Gasteiger partial charge in [-0.15, -0.1) is 0 Å². The molecule has 7 nitrogen and oxygen atoms in total. The molecular weight excluding hydrogens is 558 g/mol. The number of carbonyl (C=O) groups excluding carboxylic acids is 1. The van der Waals surface area contributed by atoms with Gasteiger partial charge in [-0.1, -0.05) is 72.8 Å². The maximum absolute atomic E-state index is 14.2. The number of hydrogen-bond donors (Lipinski definition) is 0. The van der Waals surface area contributed by atoms with E-state index in [1.165, 1.54) is 22.5 Å². The van der Waals surface area contributed by atoms with Gasteiger partial charge in [-0.05, 0) is 72.9 Å². The smallest absolute Gasteiger partial charge is 0.268 e. The Morgan fingerprint density at radius 2 is 1.33 bits per heavy atom. The molecule has 1 aliphatic heterocycles. The molecule has 224 valence electrons. The van der Waals surface area contributed by atoms with Gasteiger partial charge >= 0.3 is 0 Å². The molecule has 0 spiro atoms. The Balaban J connectivity index is 1.40. The van der Waals surface area contributed by atoms with Gasteiger partial charge in [0.15, 0.2) is 0 Å². The minimum absolute atomic E-state index is 0.0420. The van der Waals surface area contributed by atoms with Crippen molar-refractivity contribution in [2.45, 2.75) is 31.7 Å². The van der Waals surface area contributed by atoms with Gasteiger partial charge in [0.1, 0.15) is 17.2 Å². The van der Waals surface area contributed by atoms with Crippen LogP contribution < -0.4 is 9.04 Å². The van der Waals surface area contributed by atoms with Gasteiger partial charge < -0.3 is 9.64 Å². The van der Waals surface area contributed by atoms with Gasteiger partial charge in [0.05, 0.1) is 18.8 Å². The van der Waals surface area contributed by atoms with Crippen LogP contribution in [0.5, 0.6) is 5.75 Å². The molecule has 1 saturated heterocycles. The third kappa shape index (κ3) is 6.76. The van der Waals surface area contributed by atoms with Crippen LogP contribution in [0.4, 0.5) is 5.69 Å². The average molecular weight is 598 g/mol. The molecule has 43 heavy (non-hydrogen) atoms. The van der Waals surface area contributed by atoms with Crippen molar-refractivity contribution in [3.05, 3.63) is 125 Å². The minimum Gasteiger partial charge on any atom is -0.495 e. The summed E-state index contributed by atoms with van der Waals surface area (Å²) in [5, 5.41) is 0. The molecule has 5 rings (SSSR count). The van der Waals surface area contributed by atoms with Gasteiger partial charge in [0.2, 0.25) is 5.91 Å². The molecule has 0 N–H and O–H groups in total. The van der Waals surface area contributed by atoms with E-state index in [9.17, 15) is 13.2 Å². The standard InChI is InChI=1S/C35H39N3O4S/c1-26-15-16-32(42-4)33(24-26)43(40,41)38(31-22-27(2)21-28(3)23-31)25-34(39)36-17-19-37(20-18-36)35(29-11-7-5-8-12-29)30-13-9-6-10-14-30/h5-16,21-24,35H,17-20,25H2,1-4H3. The molecule has 4 aromatic carbocycles. The molecule has 8 heteroatoms. The summed E-state index contributed by atoms with van der Waals surface area (Å²) in [6.45, 7) is 7.72. The number of nitrogens with zero attached hydrogens (tertiary/aromatic N) is 3. The zero-order valence-electron chi connectivity index (χ0n) is 25.2. The Morgan fingerprint density at radius 1 is 0.767 bits per heavy atom. The van der Waals surface area contributed by atoms with Crippen LogP contribution in [0.15, 0.2) is 102 Å². The summed E-state index contributed by atoms with van der Waals surface area (Å²) < 4.78 is 35.1. The van der Waals surface area contributed by atoms with Gasteiger partial charge in [-0.3, -0.25) is 14.0 Å². The van der Waals surface area contributed by atoms with E-state index in [0.29, 0.717) is 31.9 Å². The Hall–Kier alpha value is -4.14. The summed E-state index contributed by atoms with van der Waals surface area (Å²) in [5.74, 6) is 0.0129. The number of carbonyl (C=O) groups is 1. The summed E-state index contributed by atoms with van der Waals surface area (Å²) >= 11 is 0. The van der Waals surface area contributed by atoms with Crippen LogP contribution in [0, 0.1) is 20.8 Å². The van der Waals surface area contributed by atoms with Crippen LogP contribution in [0.1, 0.15) is 33.9 Å². The van der Waals surface area contributed by atoms with Crippen LogP contribution in [0.2, 0.25) is 0 Å². The minimum atomic E-state index is -4.13. The lowest BCUT2D eigenvalue weighted by molar-refractivity contribution is -0.131. The van der Waals surface area contributed by atoms with Gasteiger partial charge in [0, 0.05) is 26.2 Å². The van der Waals surface area contributed by atoms with E-state index in [1.54, 1.807) is 17.0 Å². The molecule has 0 saturated carbocycles. The van der Waals surface area contributed by atoms with E-state index in [0.717, 1.165) is 16.7 Å². The number of ether oxygens (including phenoxy) is 1. The number of benzene rings is 4. The van der Waals surface area contributed by atoms with Crippen molar-refractivity contribution in [2.75, 3.05) is 44.1 Å². The lowest BCUT2D eigenvalue weighted by atomic mass is 9.96. The second-order valence-corrected chi connectivity index (χ2v) is 13.0. The molecular formula is C35H39N3O4S. The highest BCUT2D eigenvalue weighted by atomic mass is 32.2. The number of hydrogen-bond acceptors (Lipinski definition) is 5. The molecule has 0 atom stereocenters. The first-order chi connectivity index (χ1) is 20.7. The Kier molecular flexibility index (Phi) is 9.18. The summed E-state index contributed by atoms with van der Waals surface area (Å²) in [6, 6.07) is 31.5. The predicted molar refractivity (Wildman–Crippen MR) is 171 cm³/mol. The monoisotopic (exact) mass is 597 g/mol. The van der Waals surface area contributed by atoms with Crippen molar-refractivity contribution in [1.29, 1.82) is 0 Å². The lowest BCUT2D eigenvalue weighted by Crippen LogP contribution is -2.52. The van der Waals surface area contributed by atoms with Crippen molar-refractivity contribution in [3.63, 3.8) is 0 Å². The quantitative estimate of drug-likeness (QED) is 0.246. The van der Waals surface area contributed by atoms with Crippen molar-refractivity contribution in [2.24, 2.45) is 0 Å². The van der Waals surface area contributed by atoms with Gasteiger partial charge in [-0.25, -0.2) is 8.42 Å². The highest BCUT2D eigenvalue weighted by Gasteiger charge is 2.34. The van der Waals surface area contributed by atoms with E-state index in [1.807, 2.05) is 57.2 Å². The largest absolute Gasteiger partial charge is 0.495 e. The van der Waals surface area contributed by atoms with Crippen molar-refractivity contribution < 1.29 is 17.9 Å². The van der Waals surface area contributed by atoms with E-state index in [2.05, 4.69) is 53.4 Å². The van der Waals surface area contributed by atoms with Crippen LogP contribution in [0.3, 0.4) is 0 Å². The van der Waals surface area contributed by atoms with E-state index in [-0.39, 0.29) is 29.1 Å². The van der Waals surface area contributed by atoms with Crippen LogP contribution in [0.25, 0.3) is 0 Å². The zero-order valence-corrected chi connectivity index (χ0v) is 26.0. The van der Waals surface area contributed by atoms with Crippen molar-refractivity contribution in [3.8, 4) is 5.75 Å². The van der Waals surface area contributed by atoms with E-state index >= 15 is 0 Å².